The molecule has 1 spiro atoms. The third-order valence-corrected chi connectivity index (χ3v) is 5.86. The van der Waals surface area contributed by atoms with Crippen LogP contribution in [0.1, 0.15) is 24.2 Å². The van der Waals surface area contributed by atoms with E-state index in [2.05, 4.69) is 15.0 Å². The van der Waals surface area contributed by atoms with Crippen LogP contribution in [0.3, 0.4) is 0 Å². The first-order valence-electron chi connectivity index (χ1n) is 9.66. The van der Waals surface area contributed by atoms with Gasteiger partial charge in [-0.05, 0) is 18.9 Å². The number of carbonyl (C=O) groups is 2. The summed E-state index contributed by atoms with van der Waals surface area (Å²) in [7, 11) is 1.51. The number of hydrogen-bond donors (Lipinski definition) is 1. The van der Waals surface area contributed by atoms with Gasteiger partial charge >= 0.3 is 5.69 Å². The highest BCUT2D eigenvalue weighted by molar-refractivity contribution is 5.79. The molecule has 0 saturated carbocycles. The molecule has 0 bridgehead atoms. The molecule has 2 aliphatic rings. The zero-order valence-corrected chi connectivity index (χ0v) is 16.3. The summed E-state index contributed by atoms with van der Waals surface area (Å²) in [5.41, 5.74) is 0.960. The Bertz CT molecular complexity index is 959. The van der Waals surface area contributed by atoms with E-state index < -0.39 is 11.2 Å². The predicted molar refractivity (Wildman–Crippen MR) is 102 cm³/mol. The summed E-state index contributed by atoms with van der Waals surface area (Å²) in [6, 6.07) is 1.63. The number of nitrogens with zero attached hydrogens (tertiary/aromatic N) is 5. The number of fused-ring (bicyclic) bond motifs is 2. The van der Waals surface area contributed by atoms with E-state index in [-0.39, 0.29) is 25.0 Å². The van der Waals surface area contributed by atoms with E-state index in [9.17, 15) is 14.4 Å². The number of hydrogen-bond acceptors (Lipinski definition) is 6. The first-order chi connectivity index (χ1) is 14.0. The number of piperidine rings is 1. The maximum Gasteiger partial charge on any atom is 0.347 e. The van der Waals surface area contributed by atoms with E-state index >= 15 is 0 Å². The summed E-state index contributed by atoms with van der Waals surface area (Å²) in [5, 5.41) is 0. The van der Waals surface area contributed by atoms with E-state index in [1.165, 1.54) is 17.9 Å². The van der Waals surface area contributed by atoms with Crippen LogP contribution in [0, 0.1) is 0 Å². The molecule has 1 fully saturated rings. The minimum absolute atomic E-state index is 0.0219. The second-order valence-corrected chi connectivity index (χ2v) is 7.40. The first kappa shape index (κ1) is 19.3. The fraction of sp³-hybridized carbons (Fsp3) is 0.526. The van der Waals surface area contributed by atoms with Gasteiger partial charge in [-0.3, -0.25) is 14.2 Å². The number of amides is 2. The highest BCUT2D eigenvalue weighted by atomic mass is 16.5. The van der Waals surface area contributed by atoms with E-state index in [1.807, 2.05) is 4.90 Å². The number of ether oxygens (including phenoxy) is 1. The molecule has 10 nitrogen and oxygen atoms in total. The quantitative estimate of drug-likeness (QED) is 0.741. The molecular formula is C19H24N6O4. The van der Waals surface area contributed by atoms with Crippen molar-refractivity contribution in [2.75, 3.05) is 33.4 Å². The topological polar surface area (TPSA) is 113 Å². The Morgan fingerprint density at radius 2 is 2.00 bits per heavy atom. The van der Waals surface area contributed by atoms with E-state index in [0.717, 1.165) is 17.8 Å². The van der Waals surface area contributed by atoms with Crippen LogP contribution in [0.25, 0.3) is 0 Å². The van der Waals surface area contributed by atoms with E-state index in [1.54, 1.807) is 23.5 Å². The zero-order chi connectivity index (χ0) is 20.4. The number of rotatable bonds is 4. The van der Waals surface area contributed by atoms with Crippen LogP contribution < -0.4 is 5.69 Å². The monoisotopic (exact) mass is 400 g/mol. The van der Waals surface area contributed by atoms with Crippen LogP contribution in [0.4, 0.5) is 0 Å². The number of H-pyrrole nitrogens is 1. The summed E-state index contributed by atoms with van der Waals surface area (Å²) >= 11 is 0. The molecule has 2 amide bonds. The van der Waals surface area contributed by atoms with Gasteiger partial charge < -0.3 is 19.5 Å². The lowest BCUT2D eigenvalue weighted by atomic mass is 9.78. The largest absolute Gasteiger partial charge is 0.375 e. The Morgan fingerprint density at radius 3 is 2.72 bits per heavy atom. The van der Waals surface area contributed by atoms with Gasteiger partial charge in [0.1, 0.15) is 13.2 Å². The second-order valence-electron chi connectivity index (χ2n) is 7.40. The van der Waals surface area contributed by atoms with Crippen molar-refractivity contribution in [2.45, 2.75) is 31.3 Å². The molecule has 2 aliphatic heterocycles. The number of aromatic nitrogens is 4. The first-order valence-corrected chi connectivity index (χ1v) is 9.66. The van der Waals surface area contributed by atoms with Gasteiger partial charge in [0.15, 0.2) is 0 Å². The van der Waals surface area contributed by atoms with Crippen molar-refractivity contribution in [1.29, 1.82) is 0 Å². The van der Waals surface area contributed by atoms with Gasteiger partial charge in [-0.15, -0.1) is 0 Å². The number of likely N-dealkylation sites (tertiary alicyclic amines) is 1. The van der Waals surface area contributed by atoms with Crippen molar-refractivity contribution >= 4 is 11.8 Å². The maximum atomic E-state index is 12.7. The minimum Gasteiger partial charge on any atom is -0.375 e. The van der Waals surface area contributed by atoms with Gasteiger partial charge in [0.25, 0.3) is 0 Å². The summed E-state index contributed by atoms with van der Waals surface area (Å²) in [4.78, 5) is 52.2. The van der Waals surface area contributed by atoms with Crippen LogP contribution in [-0.2, 0) is 32.8 Å². The molecule has 29 heavy (non-hydrogen) atoms. The van der Waals surface area contributed by atoms with Crippen molar-refractivity contribution in [3.8, 4) is 0 Å². The summed E-state index contributed by atoms with van der Waals surface area (Å²) < 4.78 is 6.37. The lowest BCUT2D eigenvalue weighted by molar-refractivity contribution is -0.148. The van der Waals surface area contributed by atoms with Gasteiger partial charge in [-0.1, -0.05) is 0 Å². The predicted octanol–water partition coefficient (Wildman–Crippen LogP) is -0.485. The Morgan fingerprint density at radius 1 is 1.21 bits per heavy atom. The highest BCUT2D eigenvalue weighted by Gasteiger charge is 2.49. The molecule has 0 radical (unpaired) electrons. The van der Waals surface area contributed by atoms with Gasteiger partial charge in [0.05, 0.1) is 17.6 Å². The number of methoxy groups -OCH3 is 1. The van der Waals surface area contributed by atoms with Crippen molar-refractivity contribution in [3.05, 3.63) is 46.7 Å². The fourth-order valence-corrected chi connectivity index (χ4v) is 4.43. The molecule has 0 atom stereocenters. The Labute approximate surface area is 167 Å². The molecule has 10 heteroatoms. The average molecular weight is 400 g/mol. The normalized spacial score (nSPS) is 18.0. The fourth-order valence-electron chi connectivity index (χ4n) is 4.43. The molecule has 0 aromatic carbocycles. The van der Waals surface area contributed by atoms with Crippen LogP contribution in [0.2, 0.25) is 0 Å². The van der Waals surface area contributed by atoms with Crippen LogP contribution in [0.15, 0.2) is 29.6 Å². The summed E-state index contributed by atoms with van der Waals surface area (Å²) in [5.74, 6) is -0.203. The van der Waals surface area contributed by atoms with Gasteiger partial charge in [-0.2, -0.15) is 0 Å². The standard InChI is InChI=1S/C19H24N6O4/c1-29-12-16(27)25-8-3-14-17(22-13-21-14)19(25)4-9-23(10-5-19)15(26)11-24-7-2-6-20-18(24)28/h2,6-7,13H,3-5,8-12H2,1H3,(H,21,22). The highest BCUT2D eigenvalue weighted by Crippen LogP contribution is 2.42. The van der Waals surface area contributed by atoms with Crippen molar-refractivity contribution in [3.63, 3.8) is 0 Å². The number of imidazole rings is 1. The maximum absolute atomic E-state index is 12.7. The molecular weight excluding hydrogens is 376 g/mol. The molecule has 1 N–H and O–H groups in total. The molecule has 4 heterocycles. The number of aromatic amines is 1. The molecule has 2 aromatic rings. The molecule has 0 aliphatic carbocycles. The minimum atomic E-state index is -0.537. The lowest BCUT2D eigenvalue weighted by Crippen LogP contribution is -2.59. The van der Waals surface area contributed by atoms with Crippen LogP contribution in [-0.4, -0.2) is 74.5 Å². The lowest BCUT2D eigenvalue weighted by Gasteiger charge is -2.50. The van der Waals surface area contributed by atoms with E-state index in [4.69, 9.17) is 4.74 Å². The van der Waals surface area contributed by atoms with Gasteiger partial charge in [0, 0.05) is 51.3 Å². The Kier molecular flexibility index (Phi) is 5.18. The number of carbonyl (C=O) groups excluding carboxylic acids is 2. The Balaban J connectivity index is 1.52. The third-order valence-electron chi connectivity index (χ3n) is 5.86. The van der Waals surface area contributed by atoms with Crippen molar-refractivity contribution < 1.29 is 14.3 Å². The average Bonchev–Trinajstić information content (AvgIpc) is 3.21. The molecule has 154 valence electrons. The Hall–Kier alpha value is -3.01. The molecule has 1 saturated heterocycles. The second kappa shape index (κ2) is 7.78. The van der Waals surface area contributed by atoms with E-state index in [0.29, 0.717) is 32.5 Å². The van der Waals surface area contributed by atoms with Crippen molar-refractivity contribution in [2.24, 2.45) is 0 Å². The summed E-state index contributed by atoms with van der Waals surface area (Å²) in [6.45, 7) is 1.54. The van der Waals surface area contributed by atoms with Crippen LogP contribution >= 0.6 is 0 Å². The van der Waals surface area contributed by atoms with Gasteiger partial charge in [-0.25, -0.2) is 14.8 Å². The molecule has 0 unspecified atom stereocenters. The van der Waals surface area contributed by atoms with Crippen molar-refractivity contribution in [1.82, 2.24) is 29.3 Å². The number of nitrogens with one attached hydrogen (secondary N) is 1. The van der Waals surface area contributed by atoms with Crippen LogP contribution in [0.5, 0.6) is 0 Å². The summed E-state index contributed by atoms with van der Waals surface area (Å²) in [6.07, 6.45) is 6.54. The zero-order valence-electron chi connectivity index (χ0n) is 16.3. The molecule has 2 aromatic heterocycles. The SMILES string of the molecule is COCC(=O)N1CCc2[nH]cnc2C12CCN(C(=O)Cn1cccnc1=O)CC2. The van der Waals surface area contributed by atoms with Gasteiger partial charge in [0.2, 0.25) is 11.8 Å². The smallest absolute Gasteiger partial charge is 0.347 e. The molecule has 4 rings (SSSR count). The third kappa shape index (κ3) is 3.44.